The van der Waals surface area contributed by atoms with Gasteiger partial charge in [0.05, 0.1) is 4.05 Å². The molecule has 0 aliphatic carbocycles. The van der Waals surface area contributed by atoms with Gasteiger partial charge in [-0.1, -0.05) is 36.1 Å². The molecule has 0 aromatic heterocycles. The minimum Gasteiger partial charge on any atom is -0.319 e. The van der Waals surface area contributed by atoms with Gasteiger partial charge in [0, 0.05) is 5.92 Å². The predicted molar refractivity (Wildman–Crippen MR) is 58.9 cm³/mol. The lowest BCUT2D eigenvalue weighted by Gasteiger charge is -2.15. The molecule has 2 atom stereocenters. The van der Waals surface area contributed by atoms with Crippen LogP contribution in [0.2, 0.25) is 0 Å². The molecule has 0 aromatic carbocycles. The van der Waals surface area contributed by atoms with E-state index in [9.17, 15) is 0 Å². The van der Waals surface area contributed by atoms with Crippen LogP contribution in [0.25, 0.3) is 0 Å². The van der Waals surface area contributed by atoms with Crippen LogP contribution in [0.15, 0.2) is 10.2 Å². The quantitative estimate of drug-likeness (QED) is 0.472. The van der Waals surface area contributed by atoms with E-state index in [1.807, 2.05) is 0 Å². The Morgan fingerprint density at radius 1 is 1.78 bits per heavy atom. The van der Waals surface area contributed by atoms with E-state index in [0.29, 0.717) is 5.92 Å². The standard InChI is InChI=1S/C6H11I2N/c1-3-5(4(2)7)6(8)9/h5-6H,2-3,9H2,1H3/t5?,6-/m0/s1. The first kappa shape index (κ1) is 10.2. The van der Waals surface area contributed by atoms with E-state index in [2.05, 4.69) is 58.7 Å². The third-order valence-electron chi connectivity index (χ3n) is 1.23. The molecule has 0 radical (unpaired) electrons. The number of halogens is 2. The van der Waals surface area contributed by atoms with Crippen LogP contribution in [0.4, 0.5) is 0 Å². The van der Waals surface area contributed by atoms with Crippen molar-refractivity contribution in [2.24, 2.45) is 11.7 Å². The van der Waals surface area contributed by atoms with Crippen molar-refractivity contribution in [3.63, 3.8) is 0 Å². The van der Waals surface area contributed by atoms with Crippen molar-refractivity contribution in [3.05, 3.63) is 10.2 Å². The van der Waals surface area contributed by atoms with Crippen molar-refractivity contribution >= 4 is 45.2 Å². The average molecular weight is 351 g/mol. The van der Waals surface area contributed by atoms with Crippen LogP contribution in [-0.2, 0) is 0 Å². The molecule has 1 nitrogen and oxygen atoms in total. The van der Waals surface area contributed by atoms with Crippen molar-refractivity contribution in [1.82, 2.24) is 0 Å². The summed E-state index contributed by atoms with van der Waals surface area (Å²) >= 11 is 4.47. The van der Waals surface area contributed by atoms with Gasteiger partial charge in [-0.3, -0.25) is 0 Å². The summed E-state index contributed by atoms with van der Waals surface area (Å²) in [6, 6.07) is 0. The summed E-state index contributed by atoms with van der Waals surface area (Å²) in [5, 5.41) is 0. The minimum atomic E-state index is 0.219. The molecule has 0 bridgehead atoms. The Morgan fingerprint density at radius 3 is 2.22 bits per heavy atom. The largest absolute Gasteiger partial charge is 0.319 e. The Balaban J connectivity index is 3.83. The van der Waals surface area contributed by atoms with Gasteiger partial charge < -0.3 is 5.73 Å². The molecule has 0 spiro atoms. The second-order valence-corrected chi connectivity index (χ2v) is 4.73. The van der Waals surface area contributed by atoms with Crippen LogP contribution in [0.5, 0.6) is 0 Å². The zero-order valence-corrected chi connectivity index (χ0v) is 9.72. The summed E-state index contributed by atoms with van der Waals surface area (Å²) in [5.74, 6) is 0.478. The highest BCUT2D eigenvalue weighted by atomic mass is 127. The van der Waals surface area contributed by atoms with Crippen LogP contribution in [0.3, 0.4) is 0 Å². The lowest BCUT2D eigenvalue weighted by atomic mass is 10.1. The molecular weight excluding hydrogens is 340 g/mol. The fourth-order valence-corrected chi connectivity index (χ4v) is 3.08. The highest BCUT2D eigenvalue weighted by molar-refractivity contribution is 14.1. The summed E-state index contributed by atoms with van der Waals surface area (Å²) in [6.45, 7) is 5.98. The van der Waals surface area contributed by atoms with Crippen LogP contribution in [-0.4, -0.2) is 4.05 Å². The van der Waals surface area contributed by atoms with Crippen LogP contribution in [0, 0.1) is 5.92 Å². The predicted octanol–water partition coefficient (Wildman–Crippen LogP) is 2.68. The summed E-state index contributed by atoms with van der Waals surface area (Å²) in [6.07, 6.45) is 1.09. The first-order valence-corrected chi connectivity index (χ1v) is 5.16. The third-order valence-corrected chi connectivity index (χ3v) is 2.89. The molecule has 0 heterocycles. The second kappa shape index (κ2) is 4.90. The van der Waals surface area contributed by atoms with Gasteiger partial charge in [-0.15, -0.1) is 0 Å². The van der Waals surface area contributed by atoms with E-state index in [-0.39, 0.29) is 4.05 Å². The molecular formula is C6H11I2N. The maximum Gasteiger partial charge on any atom is 0.0642 e. The lowest BCUT2D eigenvalue weighted by Crippen LogP contribution is -2.22. The van der Waals surface area contributed by atoms with Gasteiger partial charge in [0.25, 0.3) is 0 Å². The third kappa shape index (κ3) is 3.77. The fourth-order valence-electron chi connectivity index (χ4n) is 0.619. The van der Waals surface area contributed by atoms with E-state index in [1.165, 1.54) is 0 Å². The second-order valence-electron chi connectivity index (χ2n) is 1.91. The first-order valence-electron chi connectivity index (χ1n) is 2.83. The molecule has 0 aliphatic rings. The molecule has 0 fully saturated rings. The van der Waals surface area contributed by atoms with Crippen molar-refractivity contribution in [2.75, 3.05) is 0 Å². The molecule has 1 unspecified atom stereocenters. The van der Waals surface area contributed by atoms with Gasteiger partial charge in [-0.05, 0) is 32.6 Å². The molecule has 54 valence electrons. The van der Waals surface area contributed by atoms with Gasteiger partial charge in [0.1, 0.15) is 0 Å². The van der Waals surface area contributed by atoms with E-state index >= 15 is 0 Å². The molecule has 0 aliphatic heterocycles. The Labute approximate surface area is 83.7 Å². The molecule has 0 rings (SSSR count). The smallest absolute Gasteiger partial charge is 0.0642 e. The van der Waals surface area contributed by atoms with E-state index in [1.54, 1.807) is 0 Å². The molecule has 0 saturated carbocycles. The average Bonchev–Trinajstić information content (AvgIpc) is 1.64. The fraction of sp³-hybridized carbons (Fsp3) is 0.667. The zero-order chi connectivity index (χ0) is 7.44. The molecule has 0 saturated heterocycles. The zero-order valence-electron chi connectivity index (χ0n) is 5.40. The Bertz CT molecular complexity index is 101. The Hall–Kier alpha value is 1.16. The van der Waals surface area contributed by atoms with E-state index in [0.717, 1.165) is 10.0 Å². The van der Waals surface area contributed by atoms with E-state index in [4.69, 9.17) is 5.73 Å². The monoisotopic (exact) mass is 351 g/mol. The van der Waals surface area contributed by atoms with Crippen molar-refractivity contribution in [2.45, 2.75) is 17.4 Å². The maximum absolute atomic E-state index is 5.67. The summed E-state index contributed by atoms with van der Waals surface area (Å²) in [5.41, 5.74) is 5.67. The van der Waals surface area contributed by atoms with Crippen LogP contribution < -0.4 is 5.73 Å². The van der Waals surface area contributed by atoms with Crippen LogP contribution in [0.1, 0.15) is 13.3 Å². The Kier molecular flexibility index (Phi) is 5.53. The normalized spacial score (nSPS) is 16.9. The number of hydrogen-bond acceptors (Lipinski definition) is 1. The SMILES string of the molecule is C=C(I)C(CC)[C@H](N)I. The molecule has 9 heavy (non-hydrogen) atoms. The van der Waals surface area contributed by atoms with Gasteiger partial charge >= 0.3 is 0 Å². The Morgan fingerprint density at radius 2 is 2.22 bits per heavy atom. The van der Waals surface area contributed by atoms with E-state index < -0.39 is 0 Å². The molecule has 0 aromatic rings. The molecule has 0 amide bonds. The topological polar surface area (TPSA) is 26.0 Å². The van der Waals surface area contributed by atoms with Crippen molar-refractivity contribution < 1.29 is 0 Å². The summed E-state index contributed by atoms with van der Waals surface area (Å²) in [7, 11) is 0. The molecule has 3 heteroatoms. The number of hydrogen-bond donors (Lipinski definition) is 1. The first-order chi connectivity index (χ1) is 4.09. The van der Waals surface area contributed by atoms with Crippen LogP contribution >= 0.6 is 45.2 Å². The lowest BCUT2D eigenvalue weighted by molar-refractivity contribution is 0.619. The highest BCUT2D eigenvalue weighted by Gasteiger charge is 2.13. The minimum absolute atomic E-state index is 0.219. The maximum atomic E-state index is 5.67. The van der Waals surface area contributed by atoms with Crippen molar-refractivity contribution in [3.8, 4) is 0 Å². The highest BCUT2D eigenvalue weighted by Crippen LogP contribution is 2.24. The number of nitrogens with two attached hydrogens (primary N) is 1. The number of rotatable bonds is 3. The van der Waals surface area contributed by atoms with Crippen molar-refractivity contribution in [1.29, 1.82) is 0 Å². The number of alkyl halides is 1. The van der Waals surface area contributed by atoms with Gasteiger partial charge in [-0.2, -0.15) is 0 Å². The summed E-state index contributed by atoms with van der Waals surface area (Å²) < 4.78 is 1.38. The van der Waals surface area contributed by atoms with Gasteiger partial charge in [0.2, 0.25) is 0 Å². The molecule has 2 N–H and O–H groups in total. The summed E-state index contributed by atoms with van der Waals surface area (Å²) in [4.78, 5) is 0. The van der Waals surface area contributed by atoms with Gasteiger partial charge in [-0.25, -0.2) is 0 Å². The van der Waals surface area contributed by atoms with Gasteiger partial charge in [0.15, 0.2) is 0 Å².